The summed E-state index contributed by atoms with van der Waals surface area (Å²) >= 11 is 1.43. The molecule has 0 bridgehead atoms. The van der Waals surface area contributed by atoms with Crippen LogP contribution in [0.3, 0.4) is 0 Å². The smallest absolute Gasteiger partial charge is 0.263 e. The van der Waals surface area contributed by atoms with E-state index in [0.717, 1.165) is 41.9 Å². The largest absolute Gasteiger partial charge is 0.393 e. The second-order valence-corrected chi connectivity index (χ2v) is 6.96. The number of hydrogen-bond donors (Lipinski definition) is 2. The summed E-state index contributed by atoms with van der Waals surface area (Å²) in [4.78, 5) is 17.8. The minimum Gasteiger partial charge on any atom is -0.393 e. The molecular formula is C17H20N2O2S. The maximum absolute atomic E-state index is 12.6. The number of aryl methyl sites for hydroxylation is 1. The zero-order chi connectivity index (χ0) is 15.5. The van der Waals surface area contributed by atoms with E-state index < -0.39 is 0 Å². The Bertz CT molecular complexity index is 646. The Kier molecular flexibility index (Phi) is 4.55. The van der Waals surface area contributed by atoms with Gasteiger partial charge < -0.3 is 10.4 Å². The van der Waals surface area contributed by atoms with Gasteiger partial charge in [0.1, 0.15) is 4.88 Å². The monoisotopic (exact) mass is 316 g/mol. The average molecular weight is 316 g/mol. The van der Waals surface area contributed by atoms with E-state index in [0.29, 0.717) is 4.88 Å². The highest BCUT2D eigenvalue weighted by atomic mass is 32.1. The van der Waals surface area contributed by atoms with Crippen LogP contribution in [0, 0.1) is 6.92 Å². The molecule has 0 spiro atoms. The number of benzene rings is 1. The van der Waals surface area contributed by atoms with Crippen LogP contribution in [0.25, 0.3) is 11.3 Å². The molecule has 0 aliphatic heterocycles. The Labute approximate surface area is 134 Å². The molecule has 1 saturated carbocycles. The molecule has 0 unspecified atom stereocenters. The van der Waals surface area contributed by atoms with Gasteiger partial charge in [0.15, 0.2) is 0 Å². The first kappa shape index (κ1) is 15.2. The molecule has 2 aromatic rings. The number of thiazole rings is 1. The number of carbonyl (C=O) groups is 1. The van der Waals surface area contributed by atoms with Crippen LogP contribution < -0.4 is 5.32 Å². The molecule has 4 nitrogen and oxygen atoms in total. The van der Waals surface area contributed by atoms with Crippen LogP contribution in [-0.2, 0) is 0 Å². The fraction of sp³-hybridized carbons (Fsp3) is 0.412. The van der Waals surface area contributed by atoms with E-state index >= 15 is 0 Å². The number of aromatic nitrogens is 1. The molecule has 5 heteroatoms. The number of aliphatic hydroxyl groups is 1. The molecule has 1 fully saturated rings. The first-order valence-corrected chi connectivity index (χ1v) is 8.47. The van der Waals surface area contributed by atoms with E-state index in [9.17, 15) is 9.90 Å². The van der Waals surface area contributed by atoms with Gasteiger partial charge in [-0.3, -0.25) is 4.79 Å². The van der Waals surface area contributed by atoms with Gasteiger partial charge in [-0.1, -0.05) is 30.3 Å². The van der Waals surface area contributed by atoms with Crippen molar-refractivity contribution in [3.8, 4) is 11.3 Å². The van der Waals surface area contributed by atoms with Crippen molar-refractivity contribution < 1.29 is 9.90 Å². The van der Waals surface area contributed by atoms with Crippen LogP contribution >= 0.6 is 11.3 Å². The number of amides is 1. The number of carbonyl (C=O) groups excluding carboxylic acids is 1. The summed E-state index contributed by atoms with van der Waals surface area (Å²) in [6.45, 7) is 1.92. The van der Waals surface area contributed by atoms with E-state index in [4.69, 9.17) is 0 Å². The highest BCUT2D eigenvalue weighted by Crippen LogP contribution is 2.28. The van der Waals surface area contributed by atoms with Crippen molar-refractivity contribution in [1.29, 1.82) is 0 Å². The number of nitrogens with one attached hydrogen (secondary N) is 1. The maximum Gasteiger partial charge on any atom is 0.263 e. The lowest BCUT2D eigenvalue weighted by Crippen LogP contribution is -2.38. The zero-order valence-electron chi connectivity index (χ0n) is 12.6. The van der Waals surface area contributed by atoms with Crippen molar-refractivity contribution in [2.75, 3.05) is 0 Å². The lowest BCUT2D eigenvalue weighted by atomic mass is 9.93. The van der Waals surface area contributed by atoms with Crippen molar-refractivity contribution >= 4 is 17.2 Å². The minimum atomic E-state index is -0.210. The molecule has 0 radical (unpaired) electrons. The van der Waals surface area contributed by atoms with Crippen LogP contribution in [0.15, 0.2) is 30.3 Å². The van der Waals surface area contributed by atoms with Crippen LogP contribution in [0.5, 0.6) is 0 Å². The van der Waals surface area contributed by atoms with Gasteiger partial charge in [-0.25, -0.2) is 4.98 Å². The number of nitrogens with zero attached hydrogens (tertiary/aromatic N) is 1. The van der Waals surface area contributed by atoms with E-state index in [1.54, 1.807) is 0 Å². The summed E-state index contributed by atoms with van der Waals surface area (Å²) in [5.41, 5.74) is 1.73. The second-order valence-electron chi connectivity index (χ2n) is 5.76. The molecule has 1 heterocycles. The molecular weight excluding hydrogens is 296 g/mol. The molecule has 1 aromatic carbocycles. The summed E-state index contributed by atoms with van der Waals surface area (Å²) in [7, 11) is 0. The summed E-state index contributed by atoms with van der Waals surface area (Å²) in [6, 6.07) is 9.96. The van der Waals surface area contributed by atoms with E-state index in [2.05, 4.69) is 10.3 Å². The van der Waals surface area contributed by atoms with Crippen LogP contribution in [0.2, 0.25) is 0 Å². The molecule has 116 valence electrons. The number of aliphatic hydroxyl groups excluding tert-OH is 1. The fourth-order valence-corrected chi connectivity index (χ4v) is 3.69. The summed E-state index contributed by atoms with van der Waals surface area (Å²) in [5, 5.41) is 13.5. The predicted molar refractivity (Wildman–Crippen MR) is 88.0 cm³/mol. The van der Waals surface area contributed by atoms with E-state index in [-0.39, 0.29) is 18.1 Å². The van der Waals surface area contributed by atoms with Gasteiger partial charge in [0.05, 0.1) is 16.8 Å². The molecule has 22 heavy (non-hydrogen) atoms. The van der Waals surface area contributed by atoms with Gasteiger partial charge in [-0.15, -0.1) is 11.3 Å². The fourth-order valence-electron chi connectivity index (χ4n) is 2.84. The minimum absolute atomic E-state index is 0.0501. The summed E-state index contributed by atoms with van der Waals surface area (Å²) in [5.74, 6) is -0.0501. The topological polar surface area (TPSA) is 62.2 Å². The number of rotatable bonds is 3. The highest BCUT2D eigenvalue weighted by Gasteiger charge is 2.24. The third-order valence-corrected chi connectivity index (χ3v) is 4.99. The summed E-state index contributed by atoms with van der Waals surface area (Å²) < 4.78 is 0. The summed E-state index contributed by atoms with van der Waals surface area (Å²) in [6.07, 6.45) is 2.99. The Balaban J connectivity index is 1.78. The third-order valence-electron chi connectivity index (χ3n) is 4.02. The van der Waals surface area contributed by atoms with Gasteiger partial charge in [-0.2, -0.15) is 0 Å². The van der Waals surface area contributed by atoms with Crippen LogP contribution in [-0.4, -0.2) is 28.1 Å². The SMILES string of the molecule is Cc1nc(-c2ccccc2)c(C(=O)NC2CCC(O)CC2)s1. The Hall–Kier alpha value is -1.72. The molecule has 0 atom stereocenters. The molecule has 1 aliphatic rings. The van der Waals surface area contributed by atoms with Crippen molar-refractivity contribution in [2.45, 2.75) is 44.8 Å². The van der Waals surface area contributed by atoms with Crippen LogP contribution in [0.1, 0.15) is 40.4 Å². The molecule has 3 rings (SSSR count). The third kappa shape index (κ3) is 3.36. The zero-order valence-corrected chi connectivity index (χ0v) is 13.4. The molecule has 1 amide bonds. The standard InChI is InChI=1S/C17H20N2O2S/c1-11-18-15(12-5-3-2-4-6-12)16(22-11)17(21)19-13-7-9-14(20)10-8-13/h2-6,13-14,20H,7-10H2,1H3,(H,19,21). The molecule has 1 aliphatic carbocycles. The molecule has 2 N–H and O–H groups in total. The lowest BCUT2D eigenvalue weighted by Gasteiger charge is -2.26. The van der Waals surface area contributed by atoms with E-state index in [1.807, 2.05) is 37.3 Å². The Morgan fingerprint density at radius 1 is 1.23 bits per heavy atom. The Morgan fingerprint density at radius 3 is 2.59 bits per heavy atom. The molecule has 1 aromatic heterocycles. The first-order chi connectivity index (χ1) is 10.6. The van der Waals surface area contributed by atoms with Gasteiger partial charge in [0, 0.05) is 11.6 Å². The van der Waals surface area contributed by atoms with Gasteiger partial charge in [0.2, 0.25) is 0 Å². The second kappa shape index (κ2) is 6.58. The normalized spacial score (nSPS) is 21.5. The maximum atomic E-state index is 12.6. The first-order valence-electron chi connectivity index (χ1n) is 7.65. The van der Waals surface area contributed by atoms with Crippen molar-refractivity contribution in [1.82, 2.24) is 10.3 Å². The number of hydrogen-bond acceptors (Lipinski definition) is 4. The van der Waals surface area contributed by atoms with Crippen molar-refractivity contribution in [3.05, 3.63) is 40.2 Å². The van der Waals surface area contributed by atoms with Crippen molar-refractivity contribution in [3.63, 3.8) is 0 Å². The lowest BCUT2D eigenvalue weighted by molar-refractivity contribution is 0.0871. The highest BCUT2D eigenvalue weighted by molar-refractivity contribution is 7.14. The predicted octanol–water partition coefficient (Wildman–Crippen LogP) is 3.15. The van der Waals surface area contributed by atoms with Gasteiger partial charge >= 0.3 is 0 Å². The van der Waals surface area contributed by atoms with Gasteiger partial charge in [0.25, 0.3) is 5.91 Å². The van der Waals surface area contributed by atoms with E-state index in [1.165, 1.54) is 11.3 Å². The van der Waals surface area contributed by atoms with Crippen LogP contribution in [0.4, 0.5) is 0 Å². The van der Waals surface area contributed by atoms with Gasteiger partial charge in [-0.05, 0) is 32.6 Å². The molecule has 0 saturated heterocycles. The quantitative estimate of drug-likeness (QED) is 0.914. The average Bonchev–Trinajstić information content (AvgIpc) is 2.92. The van der Waals surface area contributed by atoms with Crippen molar-refractivity contribution in [2.24, 2.45) is 0 Å². The Morgan fingerprint density at radius 2 is 1.91 bits per heavy atom.